The van der Waals surface area contributed by atoms with Gasteiger partial charge in [0.05, 0.1) is 11.3 Å². The molecule has 2 bridgehead atoms. The van der Waals surface area contributed by atoms with Crippen LogP contribution in [0, 0.1) is 5.41 Å². The maximum atomic E-state index is 12.7. The lowest BCUT2D eigenvalue weighted by atomic mass is 9.78. The predicted molar refractivity (Wildman–Crippen MR) is 129 cm³/mol. The number of aliphatic imine (C=N–C) groups is 1. The van der Waals surface area contributed by atoms with E-state index in [-0.39, 0.29) is 34.6 Å². The average molecular weight is 482 g/mol. The molecule has 6 N–H and O–H groups in total. The fourth-order valence-electron chi connectivity index (χ4n) is 6.29. The summed E-state index contributed by atoms with van der Waals surface area (Å²) in [5.41, 5.74) is 8.34. The zero-order valence-corrected chi connectivity index (χ0v) is 20.1. The van der Waals surface area contributed by atoms with Crippen molar-refractivity contribution in [2.24, 2.45) is 16.1 Å². The number of H-pyrrole nitrogens is 1. The van der Waals surface area contributed by atoms with E-state index in [1.807, 2.05) is 29.6 Å². The topological polar surface area (TPSA) is 139 Å². The number of hydrogen-bond donors (Lipinski definition) is 4. The van der Waals surface area contributed by atoms with Crippen LogP contribution in [0.2, 0.25) is 0 Å². The van der Waals surface area contributed by atoms with Crippen LogP contribution in [0.25, 0.3) is 0 Å². The second-order valence-electron chi connectivity index (χ2n) is 10.9. The van der Waals surface area contributed by atoms with Crippen LogP contribution in [0.5, 0.6) is 0 Å². The summed E-state index contributed by atoms with van der Waals surface area (Å²) in [6.45, 7) is 5.39. The molecule has 2 aromatic rings. The summed E-state index contributed by atoms with van der Waals surface area (Å²) in [6.07, 6.45) is 4.69. The van der Waals surface area contributed by atoms with E-state index in [9.17, 15) is 9.90 Å². The van der Waals surface area contributed by atoms with Gasteiger partial charge in [-0.15, -0.1) is 0 Å². The summed E-state index contributed by atoms with van der Waals surface area (Å²) < 4.78 is 18.1. The number of hydrogen-bond acceptors (Lipinski definition) is 6. The van der Waals surface area contributed by atoms with E-state index >= 15 is 0 Å². The Hall–Kier alpha value is -2.56. The molecule has 4 fully saturated rings. The standard InChI is InChI=1S/C26H32N4O5/c1-24(2)14-25(10-7-20-26(24,34-20)35-25)15-3-5-16(6-4-15)29-22(27)21-17(8-11-28-23(21)32)30-18-13-33-12-9-19(18)31/h3-6,8,11,18-20,31H,7,9-10,12-14H2,1-2H3,(H2,27,29)(H2,28,30,32)/p+1/t18?,19-,20?,25?,26?/m0/s1. The number of aromatic nitrogens is 1. The number of fused-ring (bicyclic) bond motifs is 1. The number of aromatic amines is 1. The van der Waals surface area contributed by atoms with Crippen LogP contribution in [0.4, 0.5) is 11.4 Å². The fourth-order valence-corrected chi connectivity index (χ4v) is 6.29. The van der Waals surface area contributed by atoms with Crippen molar-refractivity contribution in [2.75, 3.05) is 13.2 Å². The summed E-state index contributed by atoms with van der Waals surface area (Å²) in [6, 6.07) is 9.48. The molecule has 6 rings (SSSR count). The smallest absolute Gasteiger partial charge is 0.265 e. The molecule has 5 heterocycles. The molecule has 1 spiro atoms. The first-order valence-corrected chi connectivity index (χ1v) is 12.4. The van der Waals surface area contributed by atoms with E-state index < -0.39 is 11.9 Å². The molecule has 1 aromatic heterocycles. The van der Waals surface area contributed by atoms with E-state index in [4.69, 9.17) is 19.9 Å². The van der Waals surface area contributed by atoms with E-state index in [0.29, 0.717) is 36.6 Å². The van der Waals surface area contributed by atoms with E-state index in [1.165, 1.54) is 0 Å². The third-order valence-corrected chi connectivity index (χ3v) is 8.16. The maximum absolute atomic E-state index is 12.7. The second kappa shape index (κ2) is 7.97. The highest BCUT2D eigenvalue weighted by atomic mass is 16.8. The van der Waals surface area contributed by atoms with Crippen LogP contribution >= 0.6 is 0 Å². The molecule has 0 radical (unpaired) electrons. The molecule has 4 aliphatic heterocycles. The Balaban J connectivity index is 1.26. The van der Waals surface area contributed by atoms with Gasteiger partial charge >= 0.3 is 0 Å². The van der Waals surface area contributed by atoms with Gasteiger partial charge in [-0.1, -0.05) is 26.0 Å². The Bertz CT molecular complexity index is 1220. The summed E-state index contributed by atoms with van der Waals surface area (Å²) in [7, 11) is 0. The largest absolute Gasteiger partial charge is 0.387 e. The zero-order chi connectivity index (χ0) is 24.4. The molecular formula is C26H33N4O5+. The van der Waals surface area contributed by atoms with Crippen LogP contribution in [-0.4, -0.2) is 53.2 Å². The number of aliphatic hydroxyl groups is 1. The van der Waals surface area contributed by atoms with Crippen molar-refractivity contribution in [1.82, 2.24) is 4.98 Å². The summed E-state index contributed by atoms with van der Waals surface area (Å²) in [5.74, 6) is -0.315. The van der Waals surface area contributed by atoms with Crippen molar-refractivity contribution < 1.29 is 24.6 Å². The maximum Gasteiger partial charge on any atom is 0.265 e. The van der Waals surface area contributed by atoms with Gasteiger partial charge in [0.15, 0.2) is 0 Å². The van der Waals surface area contributed by atoms with Crippen molar-refractivity contribution in [3.8, 4) is 0 Å². The normalized spacial score (nSPS) is 35.5. The molecule has 4 aliphatic rings. The van der Waals surface area contributed by atoms with Crippen LogP contribution in [0.1, 0.15) is 50.7 Å². The first kappa shape index (κ1) is 22.9. The van der Waals surface area contributed by atoms with Gasteiger partial charge in [0, 0.05) is 30.7 Å². The van der Waals surface area contributed by atoms with Gasteiger partial charge in [0.25, 0.3) is 5.56 Å². The molecule has 4 saturated heterocycles. The Labute approximate surface area is 203 Å². The SMILES string of the molecule is CC1(C)CC2(c3ccc(N=C(N)c4c([NH2+]C5COCC[C@@H]5O)cc[nH]c4=O)cc3)CCC3OC31O2. The number of benzene rings is 1. The number of nitrogens with one attached hydrogen (secondary N) is 1. The number of epoxide rings is 1. The third kappa shape index (κ3) is 3.65. The fraction of sp³-hybridized carbons (Fsp3) is 0.538. The van der Waals surface area contributed by atoms with Gasteiger partial charge in [0.1, 0.15) is 41.9 Å². The van der Waals surface area contributed by atoms with Crippen LogP contribution in [-0.2, 0) is 19.8 Å². The minimum atomic E-state index is -0.515. The number of quaternary nitrogens is 1. The molecule has 1 aromatic carbocycles. The van der Waals surface area contributed by atoms with Crippen LogP contribution in [0.15, 0.2) is 46.3 Å². The second-order valence-corrected chi connectivity index (χ2v) is 10.9. The summed E-state index contributed by atoms with van der Waals surface area (Å²) >= 11 is 0. The number of nitrogens with two attached hydrogens (primary N) is 2. The molecule has 5 atom stereocenters. The Morgan fingerprint density at radius 2 is 2.03 bits per heavy atom. The predicted octanol–water partition coefficient (Wildman–Crippen LogP) is 1.29. The first-order valence-electron chi connectivity index (χ1n) is 12.4. The molecule has 0 amide bonds. The number of rotatable bonds is 5. The van der Waals surface area contributed by atoms with E-state index in [0.717, 1.165) is 24.8 Å². The van der Waals surface area contributed by atoms with Gasteiger partial charge in [-0.2, -0.15) is 0 Å². The Morgan fingerprint density at radius 3 is 2.80 bits per heavy atom. The molecule has 0 saturated carbocycles. The number of ether oxygens (including phenoxy) is 3. The molecule has 4 unspecified atom stereocenters. The van der Waals surface area contributed by atoms with Crippen molar-refractivity contribution >= 4 is 17.2 Å². The number of nitrogens with zero attached hydrogens (tertiary/aromatic N) is 1. The molecular weight excluding hydrogens is 448 g/mol. The molecule has 0 aliphatic carbocycles. The number of pyridine rings is 1. The highest BCUT2D eigenvalue weighted by Crippen LogP contribution is 2.70. The summed E-state index contributed by atoms with van der Waals surface area (Å²) in [4.78, 5) is 19.9. The van der Waals surface area contributed by atoms with Gasteiger partial charge in [-0.25, -0.2) is 4.99 Å². The highest BCUT2D eigenvalue weighted by molar-refractivity contribution is 6.01. The van der Waals surface area contributed by atoms with E-state index in [2.05, 4.69) is 23.8 Å². The van der Waals surface area contributed by atoms with Crippen molar-refractivity contribution in [2.45, 2.75) is 69.2 Å². The van der Waals surface area contributed by atoms with Crippen LogP contribution in [0.3, 0.4) is 0 Å². The van der Waals surface area contributed by atoms with Crippen molar-refractivity contribution in [3.05, 3.63) is 58.0 Å². The minimum Gasteiger partial charge on any atom is -0.387 e. The summed E-state index contributed by atoms with van der Waals surface area (Å²) in [5, 5.41) is 12.2. The van der Waals surface area contributed by atoms with E-state index in [1.54, 1.807) is 12.3 Å². The molecule has 35 heavy (non-hydrogen) atoms. The Kier molecular flexibility index (Phi) is 5.21. The van der Waals surface area contributed by atoms with Gasteiger partial charge in [-0.3, -0.25) is 4.79 Å². The van der Waals surface area contributed by atoms with Crippen LogP contribution < -0.4 is 16.6 Å². The van der Waals surface area contributed by atoms with Gasteiger partial charge in [0.2, 0.25) is 5.79 Å². The quantitative estimate of drug-likeness (QED) is 0.288. The molecule has 9 heteroatoms. The monoisotopic (exact) mass is 481 g/mol. The van der Waals surface area contributed by atoms with Crippen molar-refractivity contribution in [1.29, 1.82) is 0 Å². The molecule has 186 valence electrons. The minimum absolute atomic E-state index is 0.0341. The number of amidine groups is 1. The lowest BCUT2D eigenvalue weighted by molar-refractivity contribution is -0.626. The molecule has 9 nitrogen and oxygen atoms in total. The zero-order valence-electron chi connectivity index (χ0n) is 20.1. The highest BCUT2D eigenvalue weighted by Gasteiger charge is 2.77. The number of aliphatic hydroxyl groups excluding tert-OH is 1. The van der Waals surface area contributed by atoms with Gasteiger partial charge in [-0.05, 0) is 37.0 Å². The van der Waals surface area contributed by atoms with Gasteiger partial charge < -0.3 is 35.4 Å². The average Bonchev–Trinajstić information content (AvgIpc) is 3.52. The first-order chi connectivity index (χ1) is 16.7. The lowest BCUT2D eigenvalue weighted by Crippen LogP contribution is -2.89. The van der Waals surface area contributed by atoms with Crippen molar-refractivity contribution in [3.63, 3.8) is 0 Å². The lowest BCUT2D eigenvalue weighted by Gasteiger charge is -2.31. The third-order valence-electron chi connectivity index (χ3n) is 8.16. The Morgan fingerprint density at radius 1 is 1.23 bits per heavy atom.